The molecule has 0 atom stereocenters. The molecule has 0 spiro atoms. The summed E-state index contributed by atoms with van der Waals surface area (Å²) in [6.45, 7) is 8.86. The normalized spacial score (nSPS) is 10.8. The number of rotatable bonds is 5. The summed E-state index contributed by atoms with van der Waals surface area (Å²) in [5.74, 6) is 1.76. The van der Waals surface area contributed by atoms with Crippen LogP contribution in [0.2, 0.25) is 5.15 Å². The summed E-state index contributed by atoms with van der Waals surface area (Å²) in [6, 6.07) is 4.18. The quantitative estimate of drug-likeness (QED) is 0.767. The van der Waals surface area contributed by atoms with E-state index >= 15 is 0 Å². The standard InChI is InChI=1S/C13H19ClN4/c1-9(2)13-16-11(14)8-12(17-13)18(10(3)4)7-5-6-15/h8-10H,5,7H2,1-4H3. The molecule has 1 rings (SSSR count). The van der Waals surface area contributed by atoms with Crippen molar-refractivity contribution in [3.8, 4) is 6.07 Å². The minimum atomic E-state index is 0.229. The molecule has 0 aromatic carbocycles. The van der Waals surface area contributed by atoms with Crippen molar-refractivity contribution >= 4 is 17.4 Å². The highest BCUT2D eigenvalue weighted by atomic mass is 35.5. The molecule has 1 aromatic heterocycles. The van der Waals surface area contributed by atoms with Crippen molar-refractivity contribution in [2.45, 2.75) is 46.1 Å². The predicted molar refractivity (Wildman–Crippen MR) is 73.8 cm³/mol. The summed E-state index contributed by atoms with van der Waals surface area (Å²) in [5.41, 5.74) is 0. The van der Waals surface area contributed by atoms with Gasteiger partial charge < -0.3 is 4.90 Å². The van der Waals surface area contributed by atoms with E-state index in [0.717, 1.165) is 11.6 Å². The van der Waals surface area contributed by atoms with Gasteiger partial charge in [0.15, 0.2) is 0 Å². The summed E-state index contributed by atoms with van der Waals surface area (Å²) < 4.78 is 0. The molecule has 0 aliphatic heterocycles. The molecule has 0 radical (unpaired) electrons. The fraction of sp³-hybridized carbons (Fsp3) is 0.615. The minimum absolute atomic E-state index is 0.229. The van der Waals surface area contributed by atoms with E-state index in [2.05, 4.69) is 34.8 Å². The molecule has 98 valence electrons. The zero-order valence-corrected chi connectivity index (χ0v) is 12.1. The van der Waals surface area contributed by atoms with Gasteiger partial charge >= 0.3 is 0 Å². The predicted octanol–water partition coefficient (Wildman–Crippen LogP) is 3.38. The zero-order chi connectivity index (χ0) is 13.7. The number of aromatic nitrogens is 2. The van der Waals surface area contributed by atoms with E-state index in [1.165, 1.54) is 0 Å². The minimum Gasteiger partial charge on any atom is -0.353 e. The van der Waals surface area contributed by atoms with Gasteiger partial charge in [-0.15, -0.1) is 0 Å². The number of halogens is 1. The van der Waals surface area contributed by atoms with Crippen LogP contribution in [0.15, 0.2) is 6.07 Å². The van der Waals surface area contributed by atoms with Crippen molar-refractivity contribution in [2.24, 2.45) is 0 Å². The summed E-state index contributed by atoms with van der Waals surface area (Å²) in [4.78, 5) is 10.8. The summed E-state index contributed by atoms with van der Waals surface area (Å²) in [7, 11) is 0. The van der Waals surface area contributed by atoms with Gasteiger partial charge in [0.25, 0.3) is 0 Å². The van der Waals surface area contributed by atoms with Crippen molar-refractivity contribution in [3.63, 3.8) is 0 Å². The van der Waals surface area contributed by atoms with Gasteiger partial charge in [0.1, 0.15) is 16.8 Å². The second kappa shape index (κ2) is 6.55. The topological polar surface area (TPSA) is 52.8 Å². The second-order valence-corrected chi connectivity index (χ2v) is 5.14. The number of nitriles is 1. The van der Waals surface area contributed by atoms with E-state index in [1.807, 2.05) is 13.8 Å². The number of hydrogen-bond donors (Lipinski definition) is 0. The first-order valence-corrected chi connectivity index (χ1v) is 6.51. The lowest BCUT2D eigenvalue weighted by Crippen LogP contribution is -2.32. The molecular formula is C13H19ClN4. The van der Waals surface area contributed by atoms with Crippen LogP contribution in [0.5, 0.6) is 0 Å². The maximum atomic E-state index is 8.71. The van der Waals surface area contributed by atoms with Crippen molar-refractivity contribution in [1.29, 1.82) is 5.26 Å². The molecule has 0 bridgehead atoms. The van der Waals surface area contributed by atoms with Crippen LogP contribution >= 0.6 is 11.6 Å². The van der Waals surface area contributed by atoms with Crippen molar-refractivity contribution in [2.75, 3.05) is 11.4 Å². The first kappa shape index (κ1) is 14.7. The Morgan fingerprint density at radius 3 is 2.50 bits per heavy atom. The molecule has 5 heteroatoms. The van der Waals surface area contributed by atoms with E-state index in [0.29, 0.717) is 18.1 Å². The lowest BCUT2D eigenvalue weighted by molar-refractivity contribution is 0.666. The van der Waals surface area contributed by atoms with Gasteiger partial charge in [0.05, 0.1) is 12.5 Å². The molecule has 0 saturated carbocycles. The maximum Gasteiger partial charge on any atom is 0.135 e. The molecule has 0 aliphatic rings. The molecule has 0 aliphatic carbocycles. The van der Waals surface area contributed by atoms with Crippen LogP contribution in [-0.4, -0.2) is 22.6 Å². The van der Waals surface area contributed by atoms with Gasteiger partial charge in [-0.2, -0.15) is 5.26 Å². The Bertz CT molecular complexity index is 437. The molecule has 0 N–H and O–H groups in total. The van der Waals surface area contributed by atoms with Crippen molar-refractivity contribution in [3.05, 3.63) is 17.0 Å². The zero-order valence-electron chi connectivity index (χ0n) is 11.3. The number of nitrogens with zero attached hydrogens (tertiary/aromatic N) is 4. The highest BCUT2D eigenvalue weighted by Crippen LogP contribution is 2.21. The Morgan fingerprint density at radius 1 is 1.33 bits per heavy atom. The van der Waals surface area contributed by atoms with Crippen LogP contribution in [0.25, 0.3) is 0 Å². The summed E-state index contributed by atoms with van der Waals surface area (Å²) >= 11 is 6.03. The lowest BCUT2D eigenvalue weighted by Gasteiger charge is -2.27. The average molecular weight is 267 g/mol. The van der Waals surface area contributed by atoms with Gasteiger partial charge in [-0.05, 0) is 13.8 Å². The van der Waals surface area contributed by atoms with Crippen LogP contribution in [0, 0.1) is 11.3 Å². The Hall–Kier alpha value is -1.34. The van der Waals surface area contributed by atoms with Crippen LogP contribution < -0.4 is 4.90 Å². The van der Waals surface area contributed by atoms with Gasteiger partial charge in [-0.25, -0.2) is 9.97 Å². The Kier molecular flexibility index (Phi) is 5.36. The SMILES string of the molecule is CC(C)c1nc(Cl)cc(N(CCC#N)C(C)C)n1. The Balaban J connectivity index is 3.08. The van der Waals surface area contributed by atoms with Gasteiger partial charge in [0.2, 0.25) is 0 Å². The molecule has 0 amide bonds. The van der Waals surface area contributed by atoms with Crippen molar-refractivity contribution < 1.29 is 0 Å². The molecule has 18 heavy (non-hydrogen) atoms. The molecule has 1 aromatic rings. The van der Waals surface area contributed by atoms with Gasteiger partial charge in [-0.3, -0.25) is 0 Å². The maximum absolute atomic E-state index is 8.71. The molecule has 1 heterocycles. The largest absolute Gasteiger partial charge is 0.353 e. The van der Waals surface area contributed by atoms with E-state index in [1.54, 1.807) is 6.07 Å². The van der Waals surface area contributed by atoms with Gasteiger partial charge in [0, 0.05) is 24.6 Å². The van der Waals surface area contributed by atoms with Crippen molar-refractivity contribution in [1.82, 2.24) is 9.97 Å². The van der Waals surface area contributed by atoms with E-state index in [9.17, 15) is 0 Å². The number of anilines is 1. The molecule has 0 fully saturated rings. The third kappa shape index (κ3) is 3.85. The van der Waals surface area contributed by atoms with E-state index in [-0.39, 0.29) is 12.0 Å². The van der Waals surface area contributed by atoms with E-state index in [4.69, 9.17) is 16.9 Å². The molecule has 4 nitrogen and oxygen atoms in total. The van der Waals surface area contributed by atoms with Crippen LogP contribution in [0.3, 0.4) is 0 Å². The van der Waals surface area contributed by atoms with E-state index < -0.39 is 0 Å². The third-order valence-corrected chi connectivity index (χ3v) is 2.79. The Morgan fingerprint density at radius 2 is 2.00 bits per heavy atom. The van der Waals surface area contributed by atoms with Crippen LogP contribution in [-0.2, 0) is 0 Å². The molecule has 0 saturated heterocycles. The fourth-order valence-corrected chi connectivity index (χ4v) is 1.82. The first-order valence-electron chi connectivity index (χ1n) is 6.13. The Labute approximate surface area is 114 Å². The highest BCUT2D eigenvalue weighted by molar-refractivity contribution is 6.29. The highest BCUT2D eigenvalue weighted by Gasteiger charge is 2.15. The third-order valence-electron chi connectivity index (χ3n) is 2.60. The fourth-order valence-electron chi connectivity index (χ4n) is 1.64. The number of hydrogen-bond acceptors (Lipinski definition) is 4. The molecule has 0 unspecified atom stereocenters. The average Bonchev–Trinajstić information content (AvgIpc) is 2.28. The van der Waals surface area contributed by atoms with Crippen LogP contribution in [0.1, 0.15) is 45.9 Å². The summed E-state index contributed by atoms with van der Waals surface area (Å²) in [6.07, 6.45) is 0.469. The summed E-state index contributed by atoms with van der Waals surface area (Å²) in [5, 5.41) is 9.16. The van der Waals surface area contributed by atoms with Crippen LogP contribution in [0.4, 0.5) is 5.82 Å². The lowest BCUT2D eigenvalue weighted by atomic mass is 10.2. The monoisotopic (exact) mass is 266 g/mol. The smallest absolute Gasteiger partial charge is 0.135 e. The second-order valence-electron chi connectivity index (χ2n) is 4.76. The van der Waals surface area contributed by atoms with Gasteiger partial charge in [-0.1, -0.05) is 25.4 Å². The molecular weight excluding hydrogens is 248 g/mol. The first-order chi connectivity index (χ1) is 8.45.